The lowest BCUT2D eigenvalue weighted by Gasteiger charge is -2.15. The maximum atomic E-state index is 6.00. The number of benzene rings is 4. The summed E-state index contributed by atoms with van der Waals surface area (Å²) >= 11 is 0. The van der Waals surface area contributed by atoms with Gasteiger partial charge in [0.15, 0.2) is 0 Å². The number of hydrogen-bond donors (Lipinski definition) is 0. The van der Waals surface area contributed by atoms with Gasteiger partial charge in [0.25, 0.3) is 0 Å². The molecule has 182 valence electrons. The lowest BCUT2D eigenvalue weighted by atomic mass is 9.92. The third kappa shape index (κ3) is 6.55. The summed E-state index contributed by atoms with van der Waals surface area (Å²) in [6.07, 6.45) is 4.33. The summed E-state index contributed by atoms with van der Waals surface area (Å²) in [5.74, 6) is 1.73. The van der Waals surface area contributed by atoms with Crippen LogP contribution in [-0.2, 0) is 13.2 Å². The van der Waals surface area contributed by atoms with Crippen molar-refractivity contribution in [3.8, 4) is 11.5 Å². The largest absolute Gasteiger partial charge is 0.489 e. The predicted octanol–water partition coefficient (Wildman–Crippen LogP) is 8.97. The third-order valence-electron chi connectivity index (χ3n) is 6.25. The molecule has 36 heavy (non-hydrogen) atoms. The monoisotopic (exact) mass is 474 g/mol. The van der Waals surface area contributed by atoms with Gasteiger partial charge in [-0.05, 0) is 85.4 Å². The van der Waals surface area contributed by atoms with Crippen molar-refractivity contribution in [1.29, 1.82) is 0 Å². The summed E-state index contributed by atoms with van der Waals surface area (Å²) in [7, 11) is 0. The Morgan fingerprint density at radius 3 is 1.14 bits per heavy atom. The second kappa shape index (κ2) is 12.1. The Kier molecular flexibility index (Phi) is 8.41. The van der Waals surface area contributed by atoms with Gasteiger partial charge in [-0.15, -0.1) is 0 Å². The first-order valence-corrected chi connectivity index (χ1v) is 12.5. The van der Waals surface area contributed by atoms with Gasteiger partial charge in [-0.25, -0.2) is 0 Å². The van der Waals surface area contributed by atoms with Crippen LogP contribution in [0.3, 0.4) is 0 Å². The van der Waals surface area contributed by atoms with Crippen LogP contribution in [0.4, 0.5) is 0 Å². The van der Waals surface area contributed by atoms with Gasteiger partial charge in [0, 0.05) is 0 Å². The predicted molar refractivity (Wildman–Crippen MR) is 151 cm³/mol. The van der Waals surface area contributed by atoms with Crippen molar-refractivity contribution in [2.45, 2.75) is 40.9 Å². The van der Waals surface area contributed by atoms with Crippen molar-refractivity contribution in [3.05, 3.63) is 143 Å². The molecule has 2 heteroatoms. The van der Waals surface area contributed by atoms with Crippen LogP contribution in [0, 0.1) is 13.8 Å². The molecule has 0 bridgehead atoms. The minimum atomic E-state index is 0.564. The Labute approximate surface area is 215 Å². The number of allylic oxidation sites excluding steroid dienone is 4. The number of hydrogen-bond acceptors (Lipinski definition) is 2. The Morgan fingerprint density at radius 2 is 0.833 bits per heavy atom. The zero-order valence-corrected chi connectivity index (χ0v) is 21.6. The molecule has 0 saturated heterocycles. The fourth-order valence-corrected chi connectivity index (χ4v) is 4.12. The van der Waals surface area contributed by atoms with E-state index in [4.69, 9.17) is 9.47 Å². The Bertz CT molecular complexity index is 1200. The molecule has 4 rings (SSSR count). The Morgan fingerprint density at radius 1 is 0.500 bits per heavy atom. The van der Waals surface area contributed by atoms with Gasteiger partial charge in [0.05, 0.1) is 0 Å². The van der Waals surface area contributed by atoms with Crippen molar-refractivity contribution >= 4 is 11.1 Å². The van der Waals surface area contributed by atoms with Crippen molar-refractivity contribution in [3.63, 3.8) is 0 Å². The van der Waals surface area contributed by atoms with Gasteiger partial charge in [0.2, 0.25) is 0 Å². The lowest BCUT2D eigenvalue weighted by molar-refractivity contribution is 0.306. The quantitative estimate of drug-likeness (QED) is 0.225. The highest BCUT2D eigenvalue weighted by molar-refractivity contribution is 6.04. The van der Waals surface area contributed by atoms with E-state index < -0.39 is 0 Å². The molecular weight excluding hydrogens is 440 g/mol. The van der Waals surface area contributed by atoms with Crippen molar-refractivity contribution in [1.82, 2.24) is 0 Å². The molecular formula is C34H34O2. The summed E-state index contributed by atoms with van der Waals surface area (Å²) in [6, 6.07) is 33.6. The molecule has 4 aromatic carbocycles. The summed E-state index contributed by atoms with van der Waals surface area (Å²) < 4.78 is 12.0. The van der Waals surface area contributed by atoms with E-state index in [1.165, 1.54) is 33.4 Å². The van der Waals surface area contributed by atoms with E-state index in [1.54, 1.807) is 0 Å². The molecule has 0 aliphatic carbocycles. The van der Waals surface area contributed by atoms with E-state index >= 15 is 0 Å². The second-order valence-electron chi connectivity index (χ2n) is 9.00. The maximum Gasteiger partial charge on any atom is 0.119 e. The van der Waals surface area contributed by atoms with Gasteiger partial charge < -0.3 is 9.47 Å². The lowest BCUT2D eigenvalue weighted by Crippen LogP contribution is -1.97. The molecule has 0 N–H and O–H groups in total. The van der Waals surface area contributed by atoms with E-state index in [1.807, 2.05) is 24.3 Å². The van der Waals surface area contributed by atoms with Crippen LogP contribution >= 0.6 is 0 Å². The van der Waals surface area contributed by atoms with Crippen LogP contribution in [-0.4, -0.2) is 0 Å². The summed E-state index contributed by atoms with van der Waals surface area (Å²) in [5, 5.41) is 0. The van der Waals surface area contributed by atoms with E-state index in [-0.39, 0.29) is 0 Å². The zero-order valence-electron chi connectivity index (χ0n) is 21.6. The van der Waals surface area contributed by atoms with Gasteiger partial charge >= 0.3 is 0 Å². The summed E-state index contributed by atoms with van der Waals surface area (Å²) in [6.45, 7) is 9.48. The molecule has 0 amide bonds. The fourth-order valence-electron chi connectivity index (χ4n) is 4.12. The first-order valence-electron chi connectivity index (χ1n) is 12.5. The first-order chi connectivity index (χ1) is 17.6. The molecule has 0 atom stereocenters. The van der Waals surface area contributed by atoms with Crippen LogP contribution in [0.2, 0.25) is 0 Å². The third-order valence-corrected chi connectivity index (χ3v) is 6.25. The minimum Gasteiger partial charge on any atom is -0.489 e. The average Bonchev–Trinajstić information content (AvgIpc) is 2.92. The molecule has 2 nitrogen and oxygen atoms in total. The fraction of sp³-hybridized carbons (Fsp3) is 0.176. The summed E-state index contributed by atoms with van der Waals surface area (Å²) in [4.78, 5) is 0. The topological polar surface area (TPSA) is 18.5 Å². The highest BCUT2D eigenvalue weighted by atomic mass is 16.5. The molecule has 0 radical (unpaired) electrons. The van der Waals surface area contributed by atoms with Gasteiger partial charge in [-0.2, -0.15) is 0 Å². The van der Waals surface area contributed by atoms with Crippen molar-refractivity contribution < 1.29 is 9.47 Å². The molecule has 0 unspecified atom stereocenters. The molecule has 0 saturated carbocycles. The maximum absolute atomic E-state index is 6.00. The smallest absolute Gasteiger partial charge is 0.119 e. The highest BCUT2D eigenvalue weighted by Crippen LogP contribution is 2.33. The average molecular weight is 475 g/mol. The van der Waals surface area contributed by atoms with Crippen molar-refractivity contribution in [2.24, 2.45) is 0 Å². The second-order valence-corrected chi connectivity index (χ2v) is 9.00. The Balaban J connectivity index is 1.41. The molecule has 0 aromatic heterocycles. The van der Waals surface area contributed by atoms with E-state index in [2.05, 4.69) is 113 Å². The number of aryl methyl sites for hydroxylation is 2. The number of ether oxygens (including phenoxy) is 2. The molecule has 0 spiro atoms. The zero-order chi connectivity index (χ0) is 25.3. The van der Waals surface area contributed by atoms with E-state index in [0.717, 1.165) is 22.6 Å². The van der Waals surface area contributed by atoms with Crippen molar-refractivity contribution in [2.75, 3.05) is 0 Å². The highest BCUT2D eigenvalue weighted by Gasteiger charge is 2.10. The summed E-state index contributed by atoms with van der Waals surface area (Å²) in [5.41, 5.74) is 9.55. The van der Waals surface area contributed by atoms with E-state index in [9.17, 15) is 0 Å². The van der Waals surface area contributed by atoms with E-state index in [0.29, 0.717) is 13.2 Å². The number of rotatable bonds is 9. The van der Waals surface area contributed by atoms with Crippen LogP contribution in [0.25, 0.3) is 11.1 Å². The molecule has 0 fully saturated rings. The minimum absolute atomic E-state index is 0.564. The van der Waals surface area contributed by atoms with Gasteiger partial charge in [0.1, 0.15) is 24.7 Å². The molecule has 4 aromatic rings. The van der Waals surface area contributed by atoms with Crippen LogP contribution < -0.4 is 9.47 Å². The normalized spacial score (nSPS) is 11.9. The van der Waals surface area contributed by atoms with Gasteiger partial charge in [-0.3, -0.25) is 0 Å². The first kappa shape index (κ1) is 25.1. The van der Waals surface area contributed by atoms with Crippen LogP contribution in [0.1, 0.15) is 47.2 Å². The SMILES string of the molecule is C/C=C(/C(=C/C)c1ccc(OCc2ccc(C)cc2)cc1)c1ccc(OCc2ccc(C)cc2)cc1. The molecule has 0 heterocycles. The Hall–Kier alpha value is -4.04. The standard InChI is InChI=1S/C34H34O2/c1-5-33(29-15-19-31(20-16-29)35-23-27-11-7-25(3)8-12-27)34(6-2)30-17-21-32(22-18-30)36-24-28-13-9-26(4)10-14-28/h5-22H,23-24H2,1-4H3/b33-5+,34-6+. The van der Waals surface area contributed by atoms with Gasteiger partial charge in [-0.1, -0.05) is 96.1 Å². The van der Waals surface area contributed by atoms with Crippen LogP contribution in [0.15, 0.2) is 109 Å². The molecule has 0 aliphatic rings. The van der Waals surface area contributed by atoms with Crippen LogP contribution in [0.5, 0.6) is 11.5 Å². The molecule has 0 aliphatic heterocycles.